The highest BCUT2D eigenvalue weighted by Gasteiger charge is 2.49. The number of benzene rings is 4. The number of hydrogen-bond donors (Lipinski definition) is 3. The fourth-order valence-corrected chi connectivity index (χ4v) is 10.2. The van der Waals surface area contributed by atoms with Gasteiger partial charge in [-0.2, -0.15) is 0 Å². The summed E-state index contributed by atoms with van der Waals surface area (Å²) in [6, 6.07) is 24.9. The molecule has 2 fully saturated rings. The number of aliphatic hydroxyl groups is 2. The zero-order valence-electron chi connectivity index (χ0n) is 49.5. The molecule has 14 nitrogen and oxygen atoms in total. The van der Waals surface area contributed by atoms with Crippen LogP contribution in [0.3, 0.4) is 0 Å². The minimum Gasteiger partial charge on any atom is -0.478 e. The number of esters is 3. The molecule has 2 aliphatic rings. The number of ether oxygens (including phenoxy) is 7. The van der Waals surface area contributed by atoms with E-state index < -0.39 is 98.0 Å². The van der Waals surface area contributed by atoms with Gasteiger partial charge in [0, 0.05) is 8.07 Å². The first-order valence-electron chi connectivity index (χ1n) is 27.7. The van der Waals surface area contributed by atoms with E-state index in [4.69, 9.17) is 33.2 Å². The Morgan fingerprint density at radius 1 is 0.610 bits per heavy atom. The lowest BCUT2D eigenvalue weighted by molar-refractivity contribution is -0.154. The second-order valence-corrected chi connectivity index (χ2v) is 28.7. The van der Waals surface area contributed by atoms with Crippen LogP contribution in [0.15, 0.2) is 121 Å². The van der Waals surface area contributed by atoms with Gasteiger partial charge in [-0.1, -0.05) is 116 Å². The number of aromatic carboxylic acids is 1. The van der Waals surface area contributed by atoms with Gasteiger partial charge in [-0.25, -0.2) is 28.0 Å². The second kappa shape index (κ2) is 29.7. The number of hydrogen-bond acceptors (Lipinski definition) is 13. The lowest BCUT2D eigenvalue weighted by Crippen LogP contribution is -2.39. The van der Waals surface area contributed by atoms with Crippen molar-refractivity contribution in [1.29, 1.82) is 0 Å². The van der Waals surface area contributed by atoms with E-state index >= 15 is 8.78 Å². The molecule has 0 aliphatic carbocycles. The van der Waals surface area contributed by atoms with Crippen LogP contribution in [-0.2, 0) is 33.2 Å². The Morgan fingerprint density at radius 3 is 1.38 bits per heavy atom. The minimum atomic E-state index is -1.42. The van der Waals surface area contributed by atoms with Gasteiger partial charge in [-0.3, -0.25) is 0 Å². The van der Waals surface area contributed by atoms with E-state index in [0.29, 0.717) is 28.9 Å². The van der Waals surface area contributed by atoms with Gasteiger partial charge in [-0.15, -0.1) is 0 Å². The number of aryl methyl sites for hydroxylation is 4. The molecule has 4 aromatic rings. The van der Waals surface area contributed by atoms with Gasteiger partial charge in [0.1, 0.15) is 23.9 Å². The zero-order valence-corrected chi connectivity index (χ0v) is 50.5. The molecule has 0 radical (unpaired) electrons. The van der Waals surface area contributed by atoms with Crippen molar-refractivity contribution in [2.75, 3.05) is 6.61 Å². The third-order valence-electron chi connectivity index (χ3n) is 13.2. The van der Waals surface area contributed by atoms with Crippen molar-refractivity contribution in [3.63, 3.8) is 0 Å². The first-order valence-corrected chi connectivity index (χ1v) is 31.4. The number of rotatable bonds is 23. The van der Waals surface area contributed by atoms with E-state index in [0.717, 1.165) is 22.7 Å². The summed E-state index contributed by atoms with van der Waals surface area (Å²) in [6.07, 6.45) is 2.36. The topological polar surface area (TPSA) is 194 Å². The highest BCUT2D eigenvalue weighted by atomic mass is 28.3. The summed E-state index contributed by atoms with van der Waals surface area (Å²) in [7, 11) is -1.37. The molecule has 82 heavy (non-hydrogen) atoms. The molecule has 3 N–H and O–H groups in total. The summed E-state index contributed by atoms with van der Waals surface area (Å²) >= 11 is 0. The Hall–Kier alpha value is -6.44. The molecule has 2 heterocycles. The fraction of sp³-hybridized carbons (Fsp3) is 0.446. The van der Waals surface area contributed by atoms with Gasteiger partial charge < -0.3 is 48.5 Å². The maximum Gasteiger partial charge on any atom is 0.338 e. The van der Waals surface area contributed by atoms with Gasteiger partial charge in [0.15, 0.2) is 23.8 Å². The van der Waals surface area contributed by atoms with E-state index in [-0.39, 0.29) is 48.3 Å². The predicted molar refractivity (Wildman–Crippen MR) is 314 cm³/mol. The number of carboxylic acid groups (broad SMARTS) is 1. The van der Waals surface area contributed by atoms with Gasteiger partial charge in [0.25, 0.3) is 0 Å². The Labute approximate surface area is 482 Å². The van der Waals surface area contributed by atoms with E-state index in [1.165, 1.54) is 19.1 Å². The molecule has 8 atom stereocenters. The molecule has 0 aromatic heterocycles. The summed E-state index contributed by atoms with van der Waals surface area (Å²) in [6.45, 7) is 24.4. The third kappa shape index (κ3) is 20.2. The van der Waals surface area contributed by atoms with Crippen molar-refractivity contribution < 1.29 is 76.4 Å². The molecule has 444 valence electrons. The lowest BCUT2D eigenvalue weighted by atomic mass is 9.97. The highest BCUT2D eigenvalue weighted by molar-refractivity contribution is 6.76. The van der Waals surface area contributed by atoms with Crippen molar-refractivity contribution >= 4 is 44.1 Å². The van der Waals surface area contributed by atoms with Crippen molar-refractivity contribution in [3.05, 3.63) is 177 Å². The molecule has 6 rings (SSSR count). The Morgan fingerprint density at radius 2 is 1.00 bits per heavy atom. The maximum atomic E-state index is 15.6. The van der Waals surface area contributed by atoms with Crippen LogP contribution in [0.2, 0.25) is 25.7 Å². The van der Waals surface area contributed by atoms with Crippen molar-refractivity contribution in [2.24, 2.45) is 0 Å². The predicted octanol–water partition coefficient (Wildman–Crippen LogP) is 13.3. The Balaban J connectivity index is 0.000000304. The second-order valence-electron chi connectivity index (χ2n) is 23.1. The van der Waals surface area contributed by atoms with E-state index in [9.17, 15) is 34.5 Å². The molecule has 2 aliphatic heterocycles. The lowest BCUT2D eigenvalue weighted by Gasteiger charge is -2.25. The van der Waals surface area contributed by atoms with Crippen LogP contribution in [0.25, 0.3) is 12.2 Å². The Kier molecular flexibility index (Phi) is 24.0. The van der Waals surface area contributed by atoms with Gasteiger partial charge >= 0.3 is 23.9 Å². The SMILES string of the molecule is Cc1cc(C)c(C(=O)O)c(/C=C/C[C@@H]2OC(C)(C)OC2C(OC(=O)c2ccccc2)/C(F)=C\CC(C)O)c1.Cc1cc(C)c(C(=O)OCC[Si](C)(C)C)c(/C=C/C[C@@H]2OC(C)(C)OC2C(OC(=O)c2ccccc2)/C(F)=C\CC(C)O)c1. The Bertz CT molecular complexity index is 2940. The first kappa shape index (κ1) is 66.4. The van der Waals surface area contributed by atoms with E-state index in [1.54, 1.807) is 126 Å². The number of carboxylic acids is 1. The molecule has 17 heteroatoms. The van der Waals surface area contributed by atoms with E-state index in [2.05, 4.69) is 19.6 Å². The van der Waals surface area contributed by atoms with Crippen LogP contribution in [0.1, 0.15) is 142 Å². The largest absolute Gasteiger partial charge is 0.478 e. The van der Waals surface area contributed by atoms with Crippen LogP contribution >= 0.6 is 0 Å². The average Bonchev–Trinajstić information content (AvgIpc) is 4.13. The molecule has 6 unspecified atom stereocenters. The first-order chi connectivity index (χ1) is 38.4. The molecule has 4 aromatic carbocycles. The fourth-order valence-electron chi connectivity index (χ4n) is 9.49. The van der Waals surface area contributed by atoms with Crippen LogP contribution in [0.4, 0.5) is 8.78 Å². The minimum absolute atomic E-state index is 0.0252. The summed E-state index contributed by atoms with van der Waals surface area (Å²) in [5.74, 6) is -6.46. The smallest absolute Gasteiger partial charge is 0.338 e. The van der Waals surface area contributed by atoms with Crippen molar-refractivity contribution in [1.82, 2.24) is 0 Å². The van der Waals surface area contributed by atoms with Crippen LogP contribution in [0, 0.1) is 27.7 Å². The highest BCUT2D eigenvalue weighted by Crippen LogP contribution is 2.38. The van der Waals surface area contributed by atoms with Crippen LogP contribution < -0.4 is 0 Å². The molecule has 2 saturated heterocycles. The summed E-state index contributed by atoms with van der Waals surface area (Å²) in [5.41, 5.74) is 5.88. The summed E-state index contributed by atoms with van der Waals surface area (Å²) in [5, 5.41) is 29.0. The monoisotopic (exact) mass is 1150 g/mol. The van der Waals surface area contributed by atoms with Crippen molar-refractivity contribution in [3.8, 4) is 0 Å². The molecular weight excluding hydrogens is 1070 g/mol. The number of carbonyl (C=O) groups is 4. The van der Waals surface area contributed by atoms with Crippen molar-refractivity contribution in [2.45, 2.75) is 181 Å². The number of carbonyl (C=O) groups excluding carboxylic acids is 3. The zero-order chi connectivity index (χ0) is 60.7. The molecule has 0 spiro atoms. The normalized spacial score (nSPS) is 20.4. The number of aliphatic hydroxyl groups excluding tert-OH is 2. The molecular formula is C65H82F2O14Si. The standard InChI is InChI=1S/C35H47FO7Si.C30H35FO7/c1-23-21-24(2)30(34(39)40-19-20-44(6,7)8)27(22-23)15-12-16-29-32(43-35(4,5)42-29)31(28(36)18-17-25(3)37)41-33(38)26-13-10-9-11-14-26;1-18-16-19(2)25(28(33)34)22(17-18)12-9-13-24-27(38-30(4,5)37-24)26(23(31)15-14-20(3)32)36-29(35)21-10-7-6-8-11-21/h9-15,18,21-22,25,29,31-32,37H,16-17,19-20H2,1-8H3;6-12,15-17,20,24,26-27,32H,13-14H2,1-5H3,(H,33,34)/b15-12+,28-18+;12-9+,23-15+/t25?,29-,31?,32?;20?,24-,26?,27?/m00/s1. The number of halogens is 2. The average molecular weight is 1150 g/mol. The van der Waals surface area contributed by atoms with E-state index in [1.807, 2.05) is 45.1 Å². The summed E-state index contributed by atoms with van der Waals surface area (Å²) < 4.78 is 72.4. The summed E-state index contributed by atoms with van der Waals surface area (Å²) in [4.78, 5) is 50.8. The van der Waals surface area contributed by atoms with Gasteiger partial charge in [0.05, 0.1) is 53.3 Å². The van der Waals surface area contributed by atoms with Crippen LogP contribution in [-0.4, -0.2) is 114 Å². The molecule has 0 bridgehead atoms. The quantitative estimate of drug-likeness (QED) is 0.0361. The van der Waals surface area contributed by atoms with Gasteiger partial charge in [0.2, 0.25) is 0 Å². The van der Waals surface area contributed by atoms with Crippen LogP contribution in [0.5, 0.6) is 0 Å². The van der Waals surface area contributed by atoms with Gasteiger partial charge in [-0.05, 0) is 160 Å². The molecule has 0 saturated carbocycles. The third-order valence-corrected chi connectivity index (χ3v) is 14.9. The molecule has 0 amide bonds. The maximum absolute atomic E-state index is 15.6.